The molecule has 1 fully saturated rings. The summed E-state index contributed by atoms with van der Waals surface area (Å²) in [4.78, 5) is 18.9. The number of amides is 1. The summed E-state index contributed by atoms with van der Waals surface area (Å²) < 4.78 is 0. The first-order valence-corrected chi connectivity index (χ1v) is 8.62. The normalized spacial score (nSPS) is 17.9. The van der Waals surface area contributed by atoms with Gasteiger partial charge in [-0.15, -0.1) is 0 Å². The van der Waals surface area contributed by atoms with Crippen molar-refractivity contribution in [2.45, 2.75) is 25.8 Å². The number of benzene rings is 1. The highest BCUT2D eigenvalue weighted by atomic mass is 16.2. The second-order valence-electron chi connectivity index (χ2n) is 6.63. The molecule has 1 saturated heterocycles. The van der Waals surface area contributed by atoms with Crippen LogP contribution in [0.15, 0.2) is 42.9 Å². The van der Waals surface area contributed by atoms with Crippen LogP contribution in [0.4, 0.5) is 5.82 Å². The third-order valence-corrected chi connectivity index (χ3v) is 4.86. The highest BCUT2D eigenvalue weighted by molar-refractivity contribution is 5.94. The van der Waals surface area contributed by atoms with E-state index >= 15 is 0 Å². The quantitative estimate of drug-likeness (QED) is 0.768. The molecule has 2 N–H and O–H groups in total. The first-order valence-electron chi connectivity index (χ1n) is 8.62. The van der Waals surface area contributed by atoms with Crippen LogP contribution in [0, 0.1) is 0 Å². The van der Waals surface area contributed by atoms with Crippen molar-refractivity contribution in [2.75, 3.05) is 18.4 Å². The Hall–Kier alpha value is -2.73. The van der Waals surface area contributed by atoms with E-state index in [9.17, 15) is 4.79 Å². The molecule has 0 unspecified atom stereocenters. The molecule has 25 heavy (non-hydrogen) atoms. The number of nitrogens with zero attached hydrogens (tertiary/aromatic N) is 3. The van der Waals surface area contributed by atoms with Crippen molar-refractivity contribution < 1.29 is 4.79 Å². The highest BCUT2D eigenvalue weighted by Crippen LogP contribution is 2.25. The van der Waals surface area contributed by atoms with E-state index in [-0.39, 0.29) is 5.91 Å². The summed E-state index contributed by atoms with van der Waals surface area (Å²) in [6.45, 7) is 3.59. The summed E-state index contributed by atoms with van der Waals surface area (Å²) in [7, 11) is 0. The van der Waals surface area contributed by atoms with Crippen molar-refractivity contribution >= 4 is 22.5 Å². The number of carbonyl (C=O) groups is 1. The van der Waals surface area contributed by atoms with Gasteiger partial charge in [-0.2, -0.15) is 5.10 Å². The molecule has 0 spiro atoms. The van der Waals surface area contributed by atoms with Crippen LogP contribution in [0.2, 0.25) is 0 Å². The Labute approximate surface area is 146 Å². The number of likely N-dealkylation sites (tertiary alicyclic amines) is 1. The predicted octanol–water partition coefficient (Wildman–Crippen LogP) is 3.05. The Morgan fingerprint density at radius 2 is 2.20 bits per heavy atom. The van der Waals surface area contributed by atoms with E-state index in [0.29, 0.717) is 18.4 Å². The van der Waals surface area contributed by atoms with Gasteiger partial charge >= 0.3 is 0 Å². The molecule has 0 saturated carbocycles. The number of hydrogen-bond acceptors (Lipinski definition) is 4. The minimum absolute atomic E-state index is 0.00779. The minimum atomic E-state index is -0.00779. The number of anilines is 1. The number of hydrogen-bond donors (Lipinski definition) is 2. The van der Waals surface area contributed by atoms with E-state index in [4.69, 9.17) is 0 Å². The second-order valence-corrected chi connectivity index (χ2v) is 6.63. The largest absolute Gasteiger partial charge is 0.310 e. The van der Waals surface area contributed by atoms with Gasteiger partial charge in [-0.25, -0.2) is 4.98 Å². The molecular formula is C19H21N5O. The number of pyridine rings is 1. The predicted molar refractivity (Wildman–Crippen MR) is 98.2 cm³/mol. The molecule has 0 aliphatic carbocycles. The first kappa shape index (κ1) is 15.8. The number of fused-ring (bicyclic) bond motifs is 1. The van der Waals surface area contributed by atoms with E-state index in [1.165, 1.54) is 6.42 Å². The fraction of sp³-hybridized carbons (Fsp3) is 0.316. The molecule has 0 bridgehead atoms. The van der Waals surface area contributed by atoms with E-state index in [1.807, 2.05) is 24.4 Å². The zero-order valence-corrected chi connectivity index (χ0v) is 14.2. The zero-order chi connectivity index (χ0) is 17.2. The summed E-state index contributed by atoms with van der Waals surface area (Å²) in [6, 6.07) is 8.56. The molecule has 1 aliphatic heterocycles. The van der Waals surface area contributed by atoms with Crippen LogP contribution < -0.4 is 5.32 Å². The molecule has 0 radical (unpaired) electrons. The van der Waals surface area contributed by atoms with Crippen molar-refractivity contribution in [3.05, 3.63) is 42.9 Å². The highest BCUT2D eigenvalue weighted by Gasteiger charge is 2.22. The zero-order valence-electron chi connectivity index (χ0n) is 14.2. The van der Waals surface area contributed by atoms with Gasteiger partial charge < -0.3 is 5.32 Å². The van der Waals surface area contributed by atoms with Gasteiger partial charge in [-0.05, 0) is 49.4 Å². The Morgan fingerprint density at radius 3 is 2.96 bits per heavy atom. The van der Waals surface area contributed by atoms with Gasteiger partial charge in [0.25, 0.3) is 0 Å². The van der Waals surface area contributed by atoms with E-state index in [1.54, 1.807) is 12.4 Å². The number of H-pyrrole nitrogens is 1. The summed E-state index contributed by atoms with van der Waals surface area (Å²) in [5, 5.41) is 11.8. The Bertz CT molecular complexity index is 890. The molecule has 3 heterocycles. The van der Waals surface area contributed by atoms with Crippen molar-refractivity contribution in [2.24, 2.45) is 0 Å². The van der Waals surface area contributed by atoms with Crippen LogP contribution in [0.3, 0.4) is 0 Å². The Morgan fingerprint density at radius 1 is 1.28 bits per heavy atom. The molecule has 128 valence electrons. The van der Waals surface area contributed by atoms with Crippen LogP contribution in [0.25, 0.3) is 21.9 Å². The molecular weight excluding hydrogens is 314 g/mol. The fourth-order valence-electron chi connectivity index (χ4n) is 3.39. The monoisotopic (exact) mass is 335 g/mol. The number of rotatable bonds is 4. The maximum absolute atomic E-state index is 12.3. The van der Waals surface area contributed by atoms with Gasteiger partial charge in [-0.3, -0.25) is 14.8 Å². The third-order valence-electron chi connectivity index (χ3n) is 4.86. The van der Waals surface area contributed by atoms with Crippen molar-refractivity contribution in [1.29, 1.82) is 0 Å². The summed E-state index contributed by atoms with van der Waals surface area (Å²) in [5.74, 6) is 0.584. The van der Waals surface area contributed by atoms with E-state index < -0.39 is 0 Å². The number of nitrogens with one attached hydrogen (secondary N) is 2. The molecule has 4 rings (SSSR count). The van der Waals surface area contributed by atoms with Gasteiger partial charge in [-0.1, -0.05) is 12.1 Å². The Kier molecular flexibility index (Phi) is 4.19. The topological polar surface area (TPSA) is 73.9 Å². The summed E-state index contributed by atoms with van der Waals surface area (Å²) in [6.07, 6.45) is 7.78. The molecule has 6 nitrogen and oxygen atoms in total. The molecule has 3 aromatic rings. The lowest BCUT2D eigenvalue weighted by atomic mass is 10.1. The van der Waals surface area contributed by atoms with Crippen LogP contribution >= 0.6 is 0 Å². The summed E-state index contributed by atoms with van der Waals surface area (Å²) >= 11 is 0. The van der Waals surface area contributed by atoms with Gasteiger partial charge in [0.05, 0.1) is 12.7 Å². The van der Waals surface area contributed by atoms with Crippen LogP contribution in [-0.4, -0.2) is 45.1 Å². The molecule has 1 aliphatic rings. The number of aromatic nitrogens is 3. The lowest BCUT2D eigenvalue weighted by Gasteiger charge is -2.19. The van der Waals surface area contributed by atoms with Crippen LogP contribution in [0.5, 0.6) is 0 Å². The maximum Gasteiger partial charge on any atom is 0.239 e. The van der Waals surface area contributed by atoms with Crippen molar-refractivity contribution in [3.8, 4) is 11.1 Å². The van der Waals surface area contributed by atoms with Crippen molar-refractivity contribution in [1.82, 2.24) is 20.1 Å². The SMILES string of the molecule is C[C@@H]1CCCN1CC(=O)Nc1cc2cc(-c3cn[nH]c3)ccc2cn1. The van der Waals surface area contributed by atoms with Gasteiger partial charge in [0.1, 0.15) is 5.82 Å². The third kappa shape index (κ3) is 3.39. The summed E-state index contributed by atoms with van der Waals surface area (Å²) in [5.41, 5.74) is 2.11. The fourth-order valence-corrected chi connectivity index (χ4v) is 3.39. The smallest absolute Gasteiger partial charge is 0.239 e. The van der Waals surface area contributed by atoms with Gasteiger partial charge in [0, 0.05) is 29.4 Å². The Balaban J connectivity index is 1.52. The first-order chi connectivity index (χ1) is 12.2. The standard InChI is InChI=1S/C19H21N5O/c1-13-3-2-6-24(13)12-19(25)23-18-8-16-7-14(17-10-21-22-11-17)4-5-15(16)9-20-18/h4-5,7-11,13H,2-3,6,12H2,1H3,(H,21,22)(H,20,23,25)/t13-/m1/s1. The molecule has 1 aromatic carbocycles. The average Bonchev–Trinajstić information content (AvgIpc) is 3.27. The number of carbonyl (C=O) groups excluding carboxylic acids is 1. The average molecular weight is 335 g/mol. The second kappa shape index (κ2) is 6.64. The van der Waals surface area contributed by atoms with Crippen molar-refractivity contribution in [3.63, 3.8) is 0 Å². The van der Waals surface area contributed by atoms with Crippen LogP contribution in [-0.2, 0) is 4.79 Å². The van der Waals surface area contributed by atoms with Gasteiger partial charge in [0.15, 0.2) is 0 Å². The number of aromatic amines is 1. The minimum Gasteiger partial charge on any atom is -0.310 e. The van der Waals surface area contributed by atoms with E-state index in [2.05, 4.69) is 38.4 Å². The van der Waals surface area contributed by atoms with Crippen LogP contribution in [0.1, 0.15) is 19.8 Å². The molecule has 1 amide bonds. The molecule has 6 heteroatoms. The lowest BCUT2D eigenvalue weighted by Crippen LogP contribution is -2.35. The molecule has 2 aromatic heterocycles. The van der Waals surface area contributed by atoms with Gasteiger partial charge in [0.2, 0.25) is 5.91 Å². The lowest BCUT2D eigenvalue weighted by molar-refractivity contribution is -0.117. The molecule has 1 atom stereocenters. The maximum atomic E-state index is 12.3. The van der Waals surface area contributed by atoms with E-state index in [0.717, 1.165) is 34.9 Å².